The highest BCUT2D eigenvalue weighted by Gasteiger charge is 2.75. The summed E-state index contributed by atoms with van der Waals surface area (Å²) in [6.07, 6.45) is -2.23. The zero-order valence-corrected chi connectivity index (χ0v) is 25.3. The Bertz CT molecular complexity index is 1340. The second kappa shape index (κ2) is 11.0. The summed E-state index contributed by atoms with van der Waals surface area (Å²) in [6.45, 7) is 4.74. The van der Waals surface area contributed by atoms with E-state index in [0.717, 1.165) is 11.1 Å². The highest BCUT2D eigenvalue weighted by atomic mass is 16.7. The van der Waals surface area contributed by atoms with Gasteiger partial charge in [0.15, 0.2) is 6.29 Å². The zero-order valence-electron chi connectivity index (χ0n) is 25.3. The summed E-state index contributed by atoms with van der Waals surface area (Å²) in [5.41, 5.74) is -3.41. The van der Waals surface area contributed by atoms with Crippen molar-refractivity contribution in [3.05, 3.63) is 46.0 Å². The summed E-state index contributed by atoms with van der Waals surface area (Å²) in [5.74, 6) is -1.06. The monoisotopic (exact) mass is 620 g/mol. The van der Waals surface area contributed by atoms with Crippen molar-refractivity contribution >= 4 is 5.97 Å². The standard InChI is InChI=1S/C32H44O12/c1-16(34)42-21-13-31(39)23(8-10-30(3)19(7-11-32(30,31)40)17-4-5-24(35)41-15-17)29(2)9-6-18(12-20(21)29)43-28-27(38)26(37)25(36)22(14-33)44-28/h4-5,12,15,18-19,21-23,25-28,33,36-40H,6-11,13-14H2,1-3H3/t18?,19?,21?,22-,23-,25-,26+,27-,28?,29?,30?,31?,32+/m1/s1. The van der Waals surface area contributed by atoms with E-state index in [-0.39, 0.29) is 18.3 Å². The second-order valence-corrected chi connectivity index (χ2v) is 14.0. The first kappa shape index (κ1) is 31.8. The Morgan fingerprint density at radius 2 is 1.77 bits per heavy atom. The third kappa shape index (κ3) is 4.56. The minimum absolute atomic E-state index is 0.0197. The summed E-state index contributed by atoms with van der Waals surface area (Å²) in [5, 5.41) is 65.9. The van der Waals surface area contributed by atoms with Gasteiger partial charge in [0.1, 0.15) is 36.1 Å². The maximum Gasteiger partial charge on any atom is 0.335 e. The van der Waals surface area contributed by atoms with Crippen LogP contribution in [0.2, 0.25) is 0 Å². The molecule has 2 heterocycles. The molecule has 4 aliphatic carbocycles. The maximum absolute atomic E-state index is 12.8. The number of fused-ring (bicyclic) bond motifs is 5. The molecule has 13 atom stereocenters. The number of hydrogen-bond donors (Lipinski definition) is 6. The molecule has 3 saturated carbocycles. The van der Waals surface area contributed by atoms with Crippen LogP contribution < -0.4 is 5.63 Å². The Morgan fingerprint density at radius 3 is 2.43 bits per heavy atom. The molecule has 6 rings (SSSR count). The van der Waals surface area contributed by atoms with E-state index < -0.39 is 83.1 Å². The van der Waals surface area contributed by atoms with Crippen molar-refractivity contribution in [1.82, 2.24) is 0 Å². The van der Waals surface area contributed by atoms with E-state index in [1.54, 1.807) is 6.07 Å². The van der Waals surface area contributed by atoms with E-state index in [9.17, 15) is 40.2 Å². The summed E-state index contributed by atoms with van der Waals surface area (Å²) in [6, 6.07) is 3.10. The van der Waals surface area contributed by atoms with Gasteiger partial charge >= 0.3 is 11.6 Å². The van der Waals surface area contributed by atoms with Crippen molar-refractivity contribution in [2.24, 2.45) is 16.7 Å². The van der Waals surface area contributed by atoms with Crippen LogP contribution in [-0.2, 0) is 19.0 Å². The van der Waals surface area contributed by atoms with Gasteiger partial charge in [-0.1, -0.05) is 19.9 Å². The molecule has 1 saturated heterocycles. The maximum atomic E-state index is 12.8. The van der Waals surface area contributed by atoms with Crippen LogP contribution in [0.3, 0.4) is 0 Å². The molecule has 7 unspecified atom stereocenters. The quantitative estimate of drug-likeness (QED) is 0.199. The summed E-state index contributed by atoms with van der Waals surface area (Å²) < 4.78 is 22.6. The average molecular weight is 621 g/mol. The van der Waals surface area contributed by atoms with Crippen LogP contribution in [0.5, 0.6) is 0 Å². The van der Waals surface area contributed by atoms with Gasteiger partial charge in [0, 0.05) is 24.8 Å². The third-order valence-electron chi connectivity index (χ3n) is 11.9. The number of carbonyl (C=O) groups is 1. The molecule has 1 aliphatic heterocycles. The molecule has 12 nitrogen and oxygen atoms in total. The smallest absolute Gasteiger partial charge is 0.335 e. The summed E-state index contributed by atoms with van der Waals surface area (Å²) in [4.78, 5) is 24.0. The van der Waals surface area contributed by atoms with Crippen molar-refractivity contribution in [1.29, 1.82) is 0 Å². The van der Waals surface area contributed by atoms with Gasteiger partial charge in [-0.25, -0.2) is 4.79 Å². The van der Waals surface area contributed by atoms with Crippen LogP contribution in [0, 0.1) is 16.7 Å². The Kier molecular flexibility index (Phi) is 7.94. The van der Waals surface area contributed by atoms with Gasteiger partial charge < -0.3 is 49.3 Å². The topological polar surface area (TPSA) is 196 Å². The summed E-state index contributed by atoms with van der Waals surface area (Å²) in [7, 11) is 0. The molecule has 0 aromatic carbocycles. The molecule has 0 amide bonds. The lowest BCUT2D eigenvalue weighted by molar-refractivity contribution is -0.310. The fourth-order valence-corrected chi connectivity index (χ4v) is 9.64. The number of aliphatic hydroxyl groups is 6. The van der Waals surface area contributed by atoms with Crippen molar-refractivity contribution < 1.29 is 54.1 Å². The number of esters is 1. The minimum atomic E-state index is -1.60. The largest absolute Gasteiger partial charge is 0.458 e. The first-order chi connectivity index (χ1) is 20.7. The molecule has 4 fully saturated rings. The van der Waals surface area contributed by atoms with E-state index >= 15 is 0 Å². The molecule has 1 aromatic heterocycles. The fraction of sp³-hybridized carbons (Fsp3) is 0.750. The van der Waals surface area contributed by atoms with Crippen molar-refractivity contribution in [2.45, 2.75) is 126 Å². The molecule has 44 heavy (non-hydrogen) atoms. The van der Waals surface area contributed by atoms with Crippen LogP contribution in [0.15, 0.2) is 39.3 Å². The molecule has 0 radical (unpaired) electrons. The van der Waals surface area contributed by atoms with Gasteiger partial charge in [0.25, 0.3) is 0 Å². The molecular formula is C32H44O12. The number of aliphatic hydroxyl groups excluding tert-OH is 4. The van der Waals surface area contributed by atoms with Crippen LogP contribution in [-0.4, -0.2) is 97.3 Å². The Hall–Kier alpha value is -2.16. The van der Waals surface area contributed by atoms with Gasteiger partial charge in [-0.15, -0.1) is 0 Å². The SMILES string of the molecule is CC(=O)OC1CC2(O)[C@H](CCC3(C)C(c4ccc(=O)oc4)CC[C@]32O)C2(C)CCC(OC3O[C@H](CO)[C@@H](O)[C@H](O)[C@H]3O)C=C12. The molecule has 1 aromatic rings. The Labute approximate surface area is 255 Å². The van der Waals surface area contributed by atoms with Gasteiger partial charge in [-0.3, -0.25) is 4.79 Å². The lowest BCUT2D eigenvalue weighted by Gasteiger charge is -2.66. The Morgan fingerprint density at radius 1 is 1.02 bits per heavy atom. The van der Waals surface area contributed by atoms with Crippen LogP contribution >= 0.6 is 0 Å². The molecule has 244 valence electrons. The average Bonchev–Trinajstić information content (AvgIpc) is 3.26. The molecular weight excluding hydrogens is 576 g/mol. The first-order valence-electron chi connectivity index (χ1n) is 15.6. The lowest BCUT2D eigenvalue weighted by Crippen LogP contribution is -2.73. The van der Waals surface area contributed by atoms with E-state index in [4.69, 9.17) is 18.6 Å². The number of ether oxygens (including phenoxy) is 3. The van der Waals surface area contributed by atoms with E-state index in [0.29, 0.717) is 38.5 Å². The molecule has 5 aliphatic rings. The number of carbonyl (C=O) groups excluding carboxylic acids is 1. The highest BCUT2D eigenvalue weighted by molar-refractivity contribution is 5.66. The normalized spacial score (nSPS) is 48.5. The van der Waals surface area contributed by atoms with Gasteiger partial charge in [-0.2, -0.15) is 0 Å². The fourth-order valence-electron chi connectivity index (χ4n) is 9.64. The highest BCUT2D eigenvalue weighted by Crippen LogP contribution is 2.71. The first-order valence-corrected chi connectivity index (χ1v) is 15.6. The van der Waals surface area contributed by atoms with E-state index in [2.05, 4.69) is 0 Å². The molecule has 12 heteroatoms. The third-order valence-corrected chi connectivity index (χ3v) is 11.9. The zero-order chi connectivity index (χ0) is 31.8. The van der Waals surface area contributed by atoms with Crippen molar-refractivity contribution in [3.8, 4) is 0 Å². The molecule has 0 spiro atoms. The lowest BCUT2D eigenvalue weighted by atomic mass is 9.42. The van der Waals surface area contributed by atoms with E-state index in [1.807, 2.05) is 19.9 Å². The van der Waals surface area contributed by atoms with Crippen LogP contribution in [0.1, 0.15) is 77.2 Å². The van der Waals surface area contributed by atoms with Gasteiger partial charge in [-0.05, 0) is 73.0 Å². The summed E-state index contributed by atoms with van der Waals surface area (Å²) >= 11 is 0. The van der Waals surface area contributed by atoms with Gasteiger partial charge in [0.05, 0.1) is 24.6 Å². The van der Waals surface area contributed by atoms with Crippen molar-refractivity contribution in [3.63, 3.8) is 0 Å². The van der Waals surface area contributed by atoms with Crippen molar-refractivity contribution in [2.75, 3.05) is 6.61 Å². The molecule has 6 N–H and O–H groups in total. The molecule has 0 bridgehead atoms. The predicted octanol–water partition coefficient (Wildman–Crippen LogP) is 0.643. The van der Waals surface area contributed by atoms with Gasteiger partial charge in [0.2, 0.25) is 0 Å². The second-order valence-electron chi connectivity index (χ2n) is 14.0. The van der Waals surface area contributed by atoms with Crippen LogP contribution in [0.4, 0.5) is 0 Å². The number of hydrogen-bond acceptors (Lipinski definition) is 12. The Balaban J connectivity index is 1.33. The number of rotatable bonds is 5. The minimum Gasteiger partial charge on any atom is -0.458 e. The van der Waals surface area contributed by atoms with E-state index in [1.165, 1.54) is 19.3 Å². The van der Waals surface area contributed by atoms with Crippen LogP contribution in [0.25, 0.3) is 0 Å². The predicted molar refractivity (Wildman–Crippen MR) is 152 cm³/mol.